The number of hydrogen-bond donors (Lipinski definition) is 3. The van der Waals surface area contributed by atoms with Gasteiger partial charge in [-0.1, -0.05) is 23.7 Å². The van der Waals surface area contributed by atoms with Crippen LogP contribution in [0.4, 0.5) is 23.1 Å². The van der Waals surface area contributed by atoms with Gasteiger partial charge >= 0.3 is 0 Å². The Hall–Kier alpha value is -3.61. The lowest BCUT2D eigenvalue weighted by atomic mass is 10.1. The number of benzene rings is 2. The molecule has 0 unspecified atom stereocenters. The fraction of sp³-hybridized carbons (Fsp3) is 0.0870. The molecule has 0 radical (unpaired) electrons. The normalized spacial score (nSPS) is 11.6. The van der Waals surface area contributed by atoms with Gasteiger partial charge in [0, 0.05) is 16.4 Å². The Labute approximate surface area is 194 Å². The third-order valence-corrected chi connectivity index (χ3v) is 6.88. The van der Waals surface area contributed by atoms with Gasteiger partial charge in [-0.15, -0.1) is 0 Å². The SMILES string of the molecule is CP(C)(=O)c1ccccc1Nc1nc(Nc2ccc3[nH]nc(-c4ccco4)c3c2)ncc1Cl. The number of halogens is 1. The molecule has 2 aromatic carbocycles. The number of furan rings is 1. The van der Waals surface area contributed by atoms with Crippen LogP contribution in [0.3, 0.4) is 0 Å². The molecule has 0 fully saturated rings. The monoisotopic (exact) mass is 478 g/mol. The first-order valence-corrected chi connectivity index (χ1v) is 13.1. The Bertz CT molecular complexity index is 1490. The summed E-state index contributed by atoms with van der Waals surface area (Å²) < 4.78 is 18.2. The van der Waals surface area contributed by atoms with Crippen LogP contribution in [-0.4, -0.2) is 33.5 Å². The third-order valence-electron chi connectivity index (χ3n) is 5.05. The molecule has 33 heavy (non-hydrogen) atoms. The Kier molecular flexibility index (Phi) is 5.40. The Morgan fingerprint density at radius 3 is 2.70 bits per heavy atom. The van der Waals surface area contributed by atoms with E-state index in [1.165, 1.54) is 6.20 Å². The highest BCUT2D eigenvalue weighted by molar-refractivity contribution is 7.70. The van der Waals surface area contributed by atoms with E-state index in [9.17, 15) is 4.57 Å². The summed E-state index contributed by atoms with van der Waals surface area (Å²) in [5, 5.41) is 15.8. The van der Waals surface area contributed by atoms with Crippen LogP contribution >= 0.6 is 18.7 Å². The van der Waals surface area contributed by atoms with Gasteiger partial charge in [-0.2, -0.15) is 10.1 Å². The van der Waals surface area contributed by atoms with Crippen LogP contribution in [0.5, 0.6) is 0 Å². The molecule has 0 spiro atoms. The van der Waals surface area contributed by atoms with Gasteiger partial charge in [-0.25, -0.2) is 4.98 Å². The van der Waals surface area contributed by atoms with E-state index in [1.54, 1.807) is 19.6 Å². The van der Waals surface area contributed by atoms with Gasteiger partial charge in [0.1, 0.15) is 17.9 Å². The molecule has 8 nitrogen and oxygen atoms in total. The number of aromatic nitrogens is 4. The van der Waals surface area contributed by atoms with Crippen LogP contribution in [0.1, 0.15) is 0 Å². The first kappa shape index (κ1) is 21.2. The molecule has 0 amide bonds. The first-order chi connectivity index (χ1) is 15.9. The summed E-state index contributed by atoms with van der Waals surface area (Å²) in [6.45, 7) is 3.45. The van der Waals surface area contributed by atoms with Crippen molar-refractivity contribution in [1.29, 1.82) is 0 Å². The first-order valence-electron chi connectivity index (χ1n) is 10.1. The summed E-state index contributed by atoms with van der Waals surface area (Å²) >= 11 is 6.35. The lowest BCUT2D eigenvalue weighted by Gasteiger charge is -2.15. The lowest BCUT2D eigenvalue weighted by molar-refractivity contribution is 0.580. The predicted octanol–water partition coefficient (Wildman–Crippen LogP) is 6.00. The summed E-state index contributed by atoms with van der Waals surface area (Å²) in [5.41, 5.74) is 3.07. The molecule has 166 valence electrons. The molecule has 0 bridgehead atoms. The Balaban J connectivity index is 1.45. The van der Waals surface area contributed by atoms with Gasteiger partial charge in [-0.05, 0) is 55.8 Å². The predicted molar refractivity (Wildman–Crippen MR) is 133 cm³/mol. The summed E-state index contributed by atoms with van der Waals surface area (Å²) in [4.78, 5) is 8.83. The number of para-hydroxylation sites is 1. The van der Waals surface area contributed by atoms with Gasteiger partial charge in [-0.3, -0.25) is 5.10 Å². The summed E-state index contributed by atoms with van der Waals surface area (Å²) in [6, 6.07) is 16.9. The van der Waals surface area contributed by atoms with Crippen molar-refractivity contribution < 1.29 is 8.98 Å². The Morgan fingerprint density at radius 1 is 1.06 bits per heavy atom. The van der Waals surface area contributed by atoms with Crippen LogP contribution in [-0.2, 0) is 4.57 Å². The Morgan fingerprint density at radius 2 is 1.91 bits per heavy atom. The molecule has 5 rings (SSSR count). The third kappa shape index (κ3) is 4.35. The number of H-pyrrole nitrogens is 1. The molecular formula is C23H20ClN6O2P. The number of nitrogens with one attached hydrogen (secondary N) is 3. The quantitative estimate of drug-likeness (QED) is 0.257. The zero-order valence-electron chi connectivity index (χ0n) is 17.8. The lowest BCUT2D eigenvalue weighted by Crippen LogP contribution is -2.10. The molecule has 0 aliphatic heterocycles. The van der Waals surface area contributed by atoms with Crippen molar-refractivity contribution in [3.63, 3.8) is 0 Å². The molecular weight excluding hydrogens is 459 g/mol. The second-order valence-corrected chi connectivity index (χ2v) is 11.4. The van der Waals surface area contributed by atoms with Crippen LogP contribution in [0.25, 0.3) is 22.4 Å². The minimum absolute atomic E-state index is 0.350. The van der Waals surface area contributed by atoms with E-state index in [-0.39, 0.29) is 0 Å². The van der Waals surface area contributed by atoms with E-state index in [0.29, 0.717) is 28.2 Å². The molecule has 5 aromatic rings. The van der Waals surface area contributed by atoms with Crippen molar-refractivity contribution in [1.82, 2.24) is 20.2 Å². The zero-order valence-corrected chi connectivity index (χ0v) is 19.5. The highest BCUT2D eigenvalue weighted by atomic mass is 35.5. The maximum absolute atomic E-state index is 12.7. The van der Waals surface area contributed by atoms with Crippen LogP contribution in [0, 0.1) is 0 Å². The second-order valence-electron chi connectivity index (χ2n) is 7.82. The van der Waals surface area contributed by atoms with E-state index >= 15 is 0 Å². The number of anilines is 4. The van der Waals surface area contributed by atoms with Gasteiger partial charge in [0.2, 0.25) is 5.95 Å². The number of rotatable bonds is 6. The standard InChI is InChI=1S/C23H20ClN6O2P/c1-33(2,31)20-8-4-3-6-18(20)27-22-16(24)13-25-23(28-22)26-14-9-10-17-15(12-14)21(30-29-17)19-7-5-11-32-19/h3-13H,1-2H3,(H,29,30)(H2,25,26,27,28). The van der Waals surface area contributed by atoms with Gasteiger partial charge in [0.15, 0.2) is 11.6 Å². The molecule has 0 aliphatic carbocycles. The van der Waals surface area contributed by atoms with Gasteiger partial charge in [0.05, 0.1) is 23.7 Å². The van der Waals surface area contributed by atoms with Crippen molar-refractivity contribution in [3.05, 3.63) is 72.1 Å². The highest BCUT2D eigenvalue weighted by Gasteiger charge is 2.17. The van der Waals surface area contributed by atoms with E-state index in [4.69, 9.17) is 16.0 Å². The van der Waals surface area contributed by atoms with E-state index in [1.807, 2.05) is 54.6 Å². The highest BCUT2D eigenvalue weighted by Crippen LogP contribution is 2.38. The fourth-order valence-corrected chi connectivity index (χ4v) is 4.81. The molecule has 0 saturated carbocycles. The molecule has 3 aromatic heterocycles. The summed E-state index contributed by atoms with van der Waals surface area (Å²) in [7, 11) is -2.50. The van der Waals surface area contributed by atoms with Crippen molar-refractivity contribution in [2.45, 2.75) is 0 Å². The molecule has 0 atom stereocenters. The van der Waals surface area contributed by atoms with Crippen molar-refractivity contribution in [2.75, 3.05) is 24.0 Å². The van der Waals surface area contributed by atoms with Crippen LogP contribution in [0.2, 0.25) is 5.02 Å². The van der Waals surface area contributed by atoms with Crippen molar-refractivity contribution >= 4 is 58.1 Å². The van der Waals surface area contributed by atoms with Gasteiger partial charge in [0.25, 0.3) is 0 Å². The van der Waals surface area contributed by atoms with E-state index in [2.05, 4.69) is 30.8 Å². The van der Waals surface area contributed by atoms with Crippen molar-refractivity contribution in [3.8, 4) is 11.5 Å². The van der Waals surface area contributed by atoms with Gasteiger partial charge < -0.3 is 19.6 Å². The largest absolute Gasteiger partial charge is 0.463 e. The molecule has 0 saturated heterocycles. The maximum atomic E-state index is 12.7. The van der Waals surface area contributed by atoms with Crippen LogP contribution < -0.4 is 15.9 Å². The topological polar surface area (TPSA) is 109 Å². The van der Waals surface area contributed by atoms with E-state index in [0.717, 1.165) is 27.6 Å². The minimum atomic E-state index is -2.50. The number of hydrogen-bond acceptors (Lipinski definition) is 7. The zero-order chi connectivity index (χ0) is 23.0. The summed E-state index contributed by atoms with van der Waals surface area (Å²) in [5.74, 6) is 1.45. The number of fused-ring (bicyclic) bond motifs is 1. The maximum Gasteiger partial charge on any atom is 0.229 e. The summed E-state index contributed by atoms with van der Waals surface area (Å²) in [6.07, 6.45) is 3.13. The molecule has 10 heteroatoms. The van der Waals surface area contributed by atoms with Crippen molar-refractivity contribution in [2.24, 2.45) is 0 Å². The minimum Gasteiger partial charge on any atom is -0.463 e. The van der Waals surface area contributed by atoms with Crippen LogP contribution in [0.15, 0.2) is 71.5 Å². The number of nitrogens with zero attached hydrogens (tertiary/aromatic N) is 3. The molecule has 0 aliphatic rings. The average Bonchev–Trinajstić information content (AvgIpc) is 3.45. The molecule has 3 N–H and O–H groups in total. The fourth-order valence-electron chi connectivity index (χ4n) is 3.51. The van der Waals surface area contributed by atoms with E-state index < -0.39 is 7.14 Å². The smallest absolute Gasteiger partial charge is 0.229 e. The molecule has 3 heterocycles. The number of aromatic amines is 1. The second kappa shape index (κ2) is 8.39. The average molecular weight is 479 g/mol.